The first kappa shape index (κ1) is 17.5. The lowest BCUT2D eigenvalue weighted by atomic mass is 10.0. The second-order valence-electron chi connectivity index (χ2n) is 6.73. The minimum atomic E-state index is -0.0309. The Morgan fingerprint density at radius 1 is 1.04 bits per heavy atom. The molecule has 0 radical (unpaired) electrons. The molecule has 5 heteroatoms. The maximum Gasteiger partial charge on any atom is 0.259 e. The third-order valence-corrected chi connectivity index (χ3v) is 4.91. The molecule has 0 saturated carbocycles. The second kappa shape index (κ2) is 8.18. The van der Waals surface area contributed by atoms with Crippen molar-refractivity contribution >= 4 is 5.91 Å². The van der Waals surface area contributed by atoms with Gasteiger partial charge in [-0.2, -0.15) is 0 Å². The molecule has 2 aromatic carbocycles. The highest BCUT2D eigenvalue weighted by atomic mass is 16.5. The second-order valence-corrected chi connectivity index (χ2v) is 6.73. The fourth-order valence-electron chi connectivity index (χ4n) is 3.38. The van der Waals surface area contributed by atoms with Crippen LogP contribution in [0, 0.1) is 0 Å². The number of amides is 1. The van der Waals surface area contributed by atoms with Crippen molar-refractivity contribution in [3.05, 3.63) is 78.1 Å². The summed E-state index contributed by atoms with van der Waals surface area (Å²) in [4.78, 5) is 14.8. The normalized spacial score (nSPS) is 15.0. The molecule has 0 atom stereocenters. The molecular weight excluding hydrogens is 340 g/mol. The van der Waals surface area contributed by atoms with Crippen LogP contribution >= 0.6 is 0 Å². The maximum atomic E-state index is 12.9. The van der Waals surface area contributed by atoms with Crippen LogP contribution in [-0.4, -0.2) is 35.2 Å². The molecular formula is C22H22N2O3. The molecule has 5 nitrogen and oxygen atoms in total. The summed E-state index contributed by atoms with van der Waals surface area (Å²) < 4.78 is 11.1. The average molecular weight is 362 g/mol. The van der Waals surface area contributed by atoms with Crippen LogP contribution < -0.4 is 0 Å². The van der Waals surface area contributed by atoms with Gasteiger partial charge in [0.2, 0.25) is 0 Å². The summed E-state index contributed by atoms with van der Waals surface area (Å²) in [6, 6.07) is 19.8. The smallest absolute Gasteiger partial charge is 0.259 e. The van der Waals surface area contributed by atoms with Gasteiger partial charge in [-0.3, -0.25) is 4.79 Å². The zero-order valence-electron chi connectivity index (χ0n) is 15.1. The van der Waals surface area contributed by atoms with Gasteiger partial charge in [-0.1, -0.05) is 65.8 Å². The molecule has 0 aliphatic carbocycles. The number of benzene rings is 2. The van der Waals surface area contributed by atoms with E-state index in [4.69, 9.17) is 9.26 Å². The van der Waals surface area contributed by atoms with E-state index in [2.05, 4.69) is 17.3 Å². The van der Waals surface area contributed by atoms with Gasteiger partial charge in [-0.15, -0.1) is 0 Å². The van der Waals surface area contributed by atoms with Crippen LogP contribution in [0.2, 0.25) is 0 Å². The molecule has 1 aliphatic heterocycles. The van der Waals surface area contributed by atoms with Crippen LogP contribution in [0.1, 0.15) is 28.8 Å². The first-order valence-electron chi connectivity index (χ1n) is 9.26. The van der Waals surface area contributed by atoms with E-state index in [-0.39, 0.29) is 12.0 Å². The average Bonchev–Trinajstić information content (AvgIpc) is 3.23. The van der Waals surface area contributed by atoms with Gasteiger partial charge in [-0.25, -0.2) is 0 Å². The summed E-state index contributed by atoms with van der Waals surface area (Å²) >= 11 is 0. The number of likely N-dealkylation sites (tertiary alicyclic amines) is 1. The van der Waals surface area contributed by atoms with Crippen molar-refractivity contribution in [1.29, 1.82) is 0 Å². The monoisotopic (exact) mass is 362 g/mol. The molecule has 27 heavy (non-hydrogen) atoms. The van der Waals surface area contributed by atoms with E-state index in [0.717, 1.165) is 18.4 Å². The van der Waals surface area contributed by atoms with Crippen molar-refractivity contribution in [2.75, 3.05) is 13.1 Å². The summed E-state index contributed by atoms with van der Waals surface area (Å²) in [7, 11) is 0. The van der Waals surface area contributed by atoms with Crippen molar-refractivity contribution in [2.24, 2.45) is 0 Å². The maximum absolute atomic E-state index is 12.9. The largest absolute Gasteiger partial charge is 0.373 e. The molecule has 0 unspecified atom stereocenters. The van der Waals surface area contributed by atoms with Gasteiger partial charge in [0.05, 0.1) is 12.7 Å². The minimum absolute atomic E-state index is 0.0309. The number of ether oxygens (including phenoxy) is 1. The number of hydrogen-bond donors (Lipinski definition) is 0. The van der Waals surface area contributed by atoms with Crippen LogP contribution in [0.4, 0.5) is 0 Å². The Bertz CT molecular complexity index is 869. The molecule has 3 aromatic rings. The summed E-state index contributed by atoms with van der Waals surface area (Å²) in [5.41, 5.74) is 3.18. The molecule has 0 spiro atoms. The molecule has 1 saturated heterocycles. The van der Waals surface area contributed by atoms with E-state index in [1.807, 2.05) is 53.4 Å². The van der Waals surface area contributed by atoms with E-state index in [1.165, 1.54) is 11.8 Å². The molecule has 0 N–H and O–H groups in total. The number of piperidine rings is 1. The van der Waals surface area contributed by atoms with Crippen molar-refractivity contribution in [1.82, 2.24) is 10.1 Å². The molecule has 138 valence electrons. The molecule has 4 rings (SSSR count). The number of rotatable bonds is 5. The fourth-order valence-corrected chi connectivity index (χ4v) is 3.38. The molecule has 1 amide bonds. The Hall–Kier alpha value is -2.92. The van der Waals surface area contributed by atoms with Crippen molar-refractivity contribution in [3.8, 4) is 11.3 Å². The van der Waals surface area contributed by atoms with Gasteiger partial charge in [0, 0.05) is 18.7 Å². The standard InChI is InChI=1S/C22H22N2O3/c25-22(20-16-27-23-21(20)18-9-5-2-6-10-18)24-13-11-19(12-14-24)26-15-17-7-3-1-4-8-17/h1-10,16,19H,11-15H2. The Labute approximate surface area is 158 Å². The lowest BCUT2D eigenvalue weighted by Gasteiger charge is -2.31. The minimum Gasteiger partial charge on any atom is -0.373 e. The van der Waals surface area contributed by atoms with E-state index >= 15 is 0 Å². The zero-order valence-corrected chi connectivity index (χ0v) is 15.1. The van der Waals surface area contributed by atoms with Crippen LogP contribution in [0.25, 0.3) is 11.3 Å². The number of hydrogen-bond acceptors (Lipinski definition) is 4. The van der Waals surface area contributed by atoms with E-state index in [9.17, 15) is 4.79 Å². The molecule has 1 fully saturated rings. The highest BCUT2D eigenvalue weighted by Gasteiger charge is 2.27. The highest BCUT2D eigenvalue weighted by Crippen LogP contribution is 2.25. The number of carbonyl (C=O) groups excluding carboxylic acids is 1. The summed E-state index contributed by atoms with van der Waals surface area (Å²) in [5, 5.41) is 4.03. The Kier molecular flexibility index (Phi) is 5.30. The summed E-state index contributed by atoms with van der Waals surface area (Å²) in [5.74, 6) is -0.0309. The fraction of sp³-hybridized carbons (Fsp3) is 0.273. The third kappa shape index (κ3) is 4.09. The van der Waals surface area contributed by atoms with Crippen LogP contribution in [-0.2, 0) is 11.3 Å². The van der Waals surface area contributed by atoms with Gasteiger partial charge in [0.15, 0.2) is 0 Å². The highest BCUT2D eigenvalue weighted by molar-refractivity contribution is 5.99. The zero-order chi connectivity index (χ0) is 18.5. The lowest BCUT2D eigenvalue weighted by molar-refractivity contribution is -0.000375. The number of nitrogens with zero attached hydrogens (tertiary/aromatic N) is 2. The number of aromatic nitrogens is 1. The van der Waals surface area contributed by atoms with E-state index in [0.29, 0.717) is 31.0 Å². The third-order valence-electron chi connectivity index (χ3n) is 4.91. The summed E-state index contributed by atoms with van der Waals surface area (Å²) in [6.07, 6.45) is 3.31. The van der Waals surface area contributed by atoms with Crippen LogP contribution in [0.5, 0.6) is 0 Å². The molecule has 2 heterocycles. The van der Waals surface area contributed by atoms with Gasteiger partial charge in [-0.05, 0) is 18.4 Å². The first-order valence-corrected chi connectivity index (χ1v) is 9.26. The first-order chi connectivity index (χ1) is 13.3. The van der Waals surface area contributed by atoms with Crippen molar-refractivity contribution in [2.45, 2.75) is 25.6 Å². The van der Waals surface area contributed by atoms with Gasteiger partial charge < -0.3 is 14.2 Å². The predicted molar refractivity (Wildman–Crippen MR) is 102 cm³/mol. The van der Waals surface area contributed by atoms with Crippen molar-refractivity contribution in [3.63, 3.8) is 0 Å². The predicted octanol–water partition coefficient (Wildman–Crippen LogP) is 4.16. The van der Waals surface area contributed by atoms with Crippen molar-refractivity contribution < 1.29 is 14.1 Å². The van der Waals surface area contributed by atoms with E-state index in [1.54, 1.807) is 0 Å². The van der Waals surface area contributed by atoms with Gasteiger partial charge >= 0.3 is 0 Å². The molecule has 0 bridgehead atoms. The summed E-state index contributed by atoms with van der Waals surface area (Å²) in [6.45, 7) is 1.97. The lowest BCUT2D eigenvalue weighted by Crippen LogP contribution is -2.40. The van der Waals surface area contributed by atoms with Crippen LogP contribution in [0.15, 0.2) is 71.4 Å². The van der Waals surface area contributed by atoms with Gasteiger partial charge in [0.1, 0.15) is 17.5 Å². The Morgan fingerprint density at radius 2 is 1.70 bits per heavy atom. The molecule has 1 aromatic heterocycles. The quantitative estimate of drug-likeness (QED) is 0.684. The number of carbonyl (C=O) groups is 1. The Balaban J connectivity index is 1.35. The molecule has 1 aliphatic rings. The Morgan fingerprint density at radius 3 is 2.41 bits per heavy atom. The van der Waals surface area contributed by atoms with Gasteiger partial charge in [0.25, 0.3) is 5.91 Å². The SMILES string of the molecule is O=C(c1conc1-c1ccccc1)N1CCC(OCc2ccccc2)CC1. The topological polar surface area (TPSA) is 55.6 Å². The van der Waals surface area contributed by atoms with Crippen LogP contribution in [0.3, 0.4) is 0 Å². The van der Waals surface area contributed by atoms with E-state index < -0.39 is 0 Å².